The maximum atomic E-state index is 12.0. The molecule has 1 aromatic heterocycles. The van der Waals surface area contributed by atoms with Crippen LogP contribution in [0.4, 0.5) is 8.78 Å². The van der Waals surface area contributed by atoms with Crippen LogP contribution in [0.25, 0.3) is 0 Å². The second-order valence-electron chi connectivity index (χ2n) is 4.70. The molecular formula is C13H19F2NS. The van der Waals surface area contributed by atoms with Crippen LogP contribution in [-0.4, -0.2) is 13.0 Å². The Kier molecular flexibility index (Phi) is 4.51. The van der Waals surface area contributed by atoms with E-state index >= 15 is 0 Å². The topological polar surface area (TPSA) is 12.0 Å². The van der Waals surface area contributed by atoms with Crippen molar-refractivity contribution in [2.75, 3.05) is 6.54 Å². The van der Waals surface area contributed by atoms with Crippen molar-refractivity contribution in [2.45, 2.75) is 45.6 Å². The minimum Gasteiger partial charge on any atom is -0.307 e. The maximum Gasteiger partial charge on any atom is 0.250 e. The number of alkyl halides is 2. The predicted molar refractivity (Wildman–Crippen MR) is 67.8 cm³/mol. The molecule has 0 amide bonds. The summed E-state index contributed by atoms with van der Waals surface area (Å²) in [6.07, 6.45) is 2.56. The molecule has 2 rings (SSSR count). The normalized spacial score (nSPS) is 19.6. The van der Waals surface area contributed by atoms with Crippen molar-refractivity contribution < 1.29 is 8.78 Å². The molecule has 17 heavy (non-hydrogen) atoms. The van der Waals surface area contributed by atoms with Crippen molar-refractivity contribution in [2.24, 2.45) is 5.92 Å². The van der Waals surface area contributed by atoms with Crippen molar-refractivity contribution in [3.8, 4) is 0 Å². The zero-order valence-electron chi connectivity index (χ0n) is 10.1. The minimum absolute atomic E-state index is 0.206. The highest BCUT2D eigenvalue weighted by Gasteiger charge is 2.21. The Hall–Kier alpha value is -0.480. The van der Waals surface area contributed by atoms with E-state index in [0.717, 1.165) is 12.3 Å². The van der Waals surface area contributed by atoms with E-state index in [2.05, 4.69) is 17.6 Å². The van der Waals surface area contributed by atoms with E-state index in [9.17, 15) is 8.78 Å². The third-order valence-corrected chi connectivity index (χ3v) is 4.64. The summed E-state index contributed by atoms with van der Waals surface area (Å²) in [5, 5.41) is 4.96. The number of thiophene rings is 1. The maximum absolute atomic E-state index is 12.0. The van der Waals surface area contributed by atoms with Gasteiger partial charge in [0.25, 0.3) is 6.43 Å². The van der Waals surface area contributed by atoms with Gasteiger partial charge in [0, 0.05) is 11.4 Å². The number of hydrogen-bond acceptors (Lipinski definition) is 2. The van der Waals surface area contributed by atoms with Gasteiger partial charge in [-0.25, -0.2) is 8.78 Å². The van der Waals surface area contributed by atoms with E-state index in [1.807, 2.05) is 0 Å². The SMILES string of the molecule is CCC1CCc2c(CNCC(F)F)csc2C1. The Morgan fingerprint density at radius 1 is 1.53 bits per heavy atom. The summed E-state index contributed by atoms with van der Waals surface area (Å²) in [6, 6.07) is 0. The first kappa shape index (κ1) is 13.0. The largest absolute Gasteiger partial charge is 0.307 e. The zero-order valence-corrected chi connectivity index (χ0v) is 11.0. The van der Waals surface area contributed by atoms with Gasteiger partial charge < -0.3 is 5.32 Å². The monoisotopic (exact) mass is 259 g/mol. The molecule has 0 saturated heterocycles. The molecule has 4 heteroatoms. The lowest BCUT2D eigenvalue weighted by molar-refractivity contribution is 0.145. The average Bonchev–Trinajstić information content (AvgIpc) is 2.71. The zero-order chi connectivity index (χ0) is 12.3. The number of halogens is 2. The van der Waals surface area contributed by atoms with Crippen LogP contribution in [0.1, 0.15) is 35.8 Å². The first-order chi connectivity index (χ1) is 8.20. The summed E-state index contributed by atoms with van der Waals surface area (Å²) in [7, 11) is 0. The Labute approximate surface area is 105 Å². The van der Waals surface area contributed by atoms with Crippen LogP contribution in [0.5, 0.6) is 0 Å². The van der Waals surface area contributed by atoms with Crippen molar-refractivity contribution in [1.29, 1.82) is 0 Å². The smallest absolute Gasteiger partial charge is 0.250 e. The highest BCUT2D eigenvalue weighted by atomic mass is 32.1. The Balaban J connectivity index is 1.95. The summed E-state index contributed by atoms with van der Waals surface area (Å²) < 4.78 is 24.1. The van der Waals surface area contributed by atoms with Crippen LogP contribution in [0.2, 0.25) is 0 Å². The van der Waals surface area contributed by atoms with Crippen molar-refractivity contribution in [3.63, 3.8) is 0 Å². The number of hydrogen-bond donors (Lipinski definition) is 1. The first-order valence-corrected chi connectivity index (χ1v) is 7.15. The molecule has 96 valence electrons. The first-order valence-electron chi connectivity index (χ1n) is 6.27. The number of fused-ring (bicyclic) bond motifs is 1. The van der Waals surface area contributed by atoms with Crippen LogP contribution in [0.3, 0.4) is 0 Å². The van der Waals surface area contributed by atoms with Crippen molar-refractivity contribution in [3.05, 3.63) is 21.4 Å². The van der Waals surface area contributed by atoms with Gasteiger partial charge >= 0.3 is 0 Å². The summed E-state index contributed by atoms with van der Waals surface area (Å²) >= 11 is 1.80. The summed E-state index contributed by atoms with van der Waals surface area (Å²) in [5.41, 5.74) is 2.67. The van der Waals surface area contributed by atoms with E-state index in [0.29, 0.717) is 6.54 Å². The fourth-order valence-electron chi connectivity index (χ4n) is 2.46. The predicted octanol–water partition coefficient (Wildman–Crippen LogP) is 3.62. The lowest BCUT2D eigenvalue weighted by Gasteiger charge is -2.21. The highest BCUT2D eigenvalue weighted by molar-refractivity contribution is 7.10. The molecule has 1 aromatic rings. The average molecular weight is 259 g/mol. The molecule has 1 N–H and O–H groups in total. The summed E-state index contributed by atoms with van der Waals surface area (Å²) in [5.74, 6) is 0.822. The van der Waals surface area contributed by atoms with Gasteiger partial charge in [0.2, 0.25) is 0 Å². The van der Waals surface area contributed by atoms with Crippen LogP contribution in [0.15, 0.2) is 5.38 Å². The third-order valence-electron chi connectivity index (χ3n) is 3.54. The Bertz CT molecular complexity index is 362. The second kappa shape index (κ2) is 5.91. The molecule has 0 saturated carbocycles. The van der Waals surface area contributed by atoms with Gasteiger partial charge in [0.15, 0.2) is 0 Å². The lowest BCUT2D eigenvalue weighted by atomic mass is 9.86. The van der Waals surface area contributed by atoms with Crippen LogP contribution >= 0.6 is 11.3 Å². The molecular weight excluding hydrogens is 240 g/mol. The number of nitrogens with one attached hydrogen (secondary N) is 1. The van der Waals surface area contributed by atoms with Crippen LogP contribution in [-0.2, 0) is 19.4 Å². The van der Waals surface area contributed by atoms with Crippen LogP contribution in [0, 0.1) is 5.92 Å². The highest BCUT2D eigenvalue weighted by Crippen LogP contribution is 2.34. The van der Waals surface area contributed by atoms with E-state index < -0.39 is 6.43 Å². The molecule has 1 aliphatic carbocycles. The molecule has 0 aromatic carbocycles. The molecule has 0 spiro atoms. The van der Waals surface area contributed by atoms with Gasteiger partial charge in [-0.2, -0.15) is 0 Å². The van der Waals surface area contributed by atoms with Crippen molar-refractivity contribution >= 4 is 11.3 Å². The molecule has 1 unspecified atom stereocenters. The Morgan fingerprint density at radius 2 is 2.35 bits per heavy atom. The van der Waals surface area contributed by atoms with E-state index in [4.69, 9.17) is 0 Å². The van der Waals surface area contributed by atoms with Crippen molar-refractivity contribution in [1.82, 2.24) is 5.32 Å². The van der Waals surface area contributed by atoms with Gasteiger partial charge in [0.05, 0.1) is 6.54 Å². The number of rotatable bonds is 5. The standard InChI is InChI=1S/C13H19F2NS/c1-2-9-3-4-11-10(6-16-7-13(14)15)8-17-12(11)5-9/h8-9,13,16H,2-7H2,1H3. The van der Waals surface area contributed by atoms with Gasteiger partial charge in [-0.3, -0.25) is 0 Å². The second-order valence-corrected chi connectivity index (χ2v) is 5.67. The molecule has 0 aliphatic heterocycles. The molecule has 1 aliphatic rings. The van der Waals surface area contributed by atoms with Gasteiger partial charge in [-0.15, -0.1) is 11.3 Å². The van der Waals surface area contributed by atoms with Gasteiger partial charge in [-0.1, -0.05) is 13.3 Å². The van der Waals surface area contributed by atoms with E-state index in [-0.39, 0.29) is 6.54 Å². The fourth-order valence-corrected chi connectivity index (χ4v) is 3.68. The Morgan fingerprint density at radius 3 is 3.06 bits per heavy atom. The molecule has 1 nitrogen and oxygen atoms in total. The third kappa shape index (κ3) is 3.26. The van der Waals surface area contributed by atoms with Gasteiger partial charge in [-0.05, 0) is 41.7 Å². The molecule has 1 atom stereocenters. The summed E-state index contributed by atoms with van der Waals surface area (Å²) in [4.78, 5) is 1.48. The quantitative estimate of drug-likeness (QED) is 0.851. The van der Waals surface area contributed by atoms with Crippen LogP contribution < -0.4 is 5.32 Å². The van der Waals surface area contributed by atoms with Gasteiger partial charge in [0.1, 0.15) is 0 Å². The molecule has 0 radical (unpaired) electrons. The molecule has 1 heterocycles. The fraction of sp³-hybridized carbons (Fsp3) is 0.692. The lowest BCUT2D eigenvalue weighted by Crippen LogP contribution is -2.21. The molecule has 0 fully saturated rings. The van der Waals surface area contributed by atoms with E-state index in [1.165, 1.54) is 35.3 Å². The van der Waals surface area contributed by atoms with E-state index in [1.54, 1.807) is 11.3 Å². The molecule has 0 bridgehead atoms. The summed E-state index contributed by atoms with van der Waals surface area (Å²) in [6.45, 7) is 2.63. The minimum atomic E-state index is -2.26.